The fourth-order valence-corrected chi connectivity index (χ4v) is 3.70. The number of hydrogen-bond donors (Lipinski definition) is 1. The van der Waals surface area contributed by atoms with E-state index in [1.54, 1.807) is 6.07 Å². The average molecular weight is 292 g/mol. The molecule has 1 fully saturated rings. The molecule has 0 amide bonds. The molecular formula is C17H25FN2O. The van der Waals surface area contributed by atoms with Gasteiger partial charge in [0.15, 0.2) is 0 Å². The number of likely N-dealkylation sites (tertiary alicyclic amines) is 1. The van der Waals surface area contributed by atoms with Crippen molar-refractivity contribution in [3.8, 4) is 5.75 Å². The van der Waals surface area contributed by atoms with Crippen molar-refractivity contribution in [2.75, 3.05) is 13.1 Å². The van der Waals surface area contributed by atoms with Crippen molar-refractivity contribution in [2.45, 2.75) is 57.2 Å². The molecule has 2 aliphatic heterocycles. The minimum atomic E-state index is -0.254. The summed E-state index contributed by atoms with van der Waals surface area (Å²) in [5.74, 6) is 0.391. The molecule has 0 aliphatic carbocycles. The first kappa shape index (κ1) is 14.8. The number of halogens is 1. The predicted molar refractivity (Wildman–Crippen MR) is 81.9 cm³/mol. The lowest BCUT2D eigenvalue weighted by molar-refractivity contribution is 0.0207. The summed E-state index contributed by atoms with van der Waals surface area (Å²) in [5, 5.41) is 0. The van der Waals surface area contributed by atoms with Gasteiger partial charge >= 0.3 is 0 Å². The highest BCUT2D eigenvalue weighted by atomic mass is 19.1. The van der Waals surface area contributed by atoms with E-state index in [4.69, 9.17) is 10.5 Å². The minimum Gasteiger partial charge on any atom is -0.487 e. The number of hydrogen-bond acceptors (Lipinski definition) is 3. The van der Waals surface area contributed by atoms with Crippen LogP contribution in [0.4, 0.5) is 4.39 Å². The third kappa shape index (κ3) is 2.92. The van der Waals surface area contributed by atoms with Crippen LogP contribution in [0.5, 0.6) is 5.75 Å². The largest absolute Gasteiger partial charge is 0.487 e. The van der Waals surface area contributed by atoms with E-state index in [1.807, 2.05) is 0 Å². The van der Waals surface area contributed by atoms with Crippen molar-refractivity contribution in [1.29, 1.82) is 0 Å². The highest BCUT2D eigenvalue weighted by Gasteiger charge is 2.41. The highest BCUT2D eigenvalue weighted by molar-refractivity contribution is 5.39. The summed E-state index contributed by atoms with van der Waals surface area (Å²) in [6.45, 7) is 6.59. The van der Waals surface area contributed by atoms with E-state index in [1.165, 1.54) is 12.1 Å². The standard InChI is InChI=1S/C17H25FN2O/c1-12(2)20-8-3-6-17(7-9-20)11-15(19)14-5-4-13(18)10-16(14)21-17/h4-5,10,12,15H,3,6-9,11,19H2,1-2H3/t15-,17?/m0/s1. The summed E-state index contributed by atoms with van der Waals surface area (Å²) in [7, 11) is 0. The van der Waals surface area contributed by atoms with Crippen LogP contribution in [0.2, 0.25) is 0 Å². The Morgan fingerprint density at radius 1 is 1.33 bits per heavy atom. The molecule has 3 nitrogen and oxygen atoms in total. The molecule has 0 saturated carbocycles. The second-order valence-corrected chi connectivity index (χ2v) is 6.76. The molecule has 4 heteroatoms. The normalized spacial score (nSPS) is 30.0. The smallest absolute Gasteiger partial charge is 0.127 e. The van der Waals surface area contributed by atoms with Crippen molar-refractivity contribution >= 4 is 0 Å². The van der Waals surface area contributed by atoms with Crippen molar-refractivity contribution in [3.63, 3.8) is 0 Å². The molecular weight excluding hydrogens is 267 g/mol. The van der Waals surface area contributed by atoms with Gasteiger partial charge in [0.2, 0.25) is 0 Å². The molecule has 21 heavy (non-hydrogen) atoms. The van der Waals surface area contributed by atoms with Crippen LogP contribution in [0, 0.1) is 5.82 Å². The van der Waals surface area contributed by atoms with Gasteiger partial charge in [0.1, 0.15) is 17.2 Å². The number of rotatable bonds is 1. The van der Waals surface area contributed by atoms with Crippen LogP contribution in [0.1, 0.15) is 51.1 Å². The Bertz CT molecular complexity index is 520. The van der Waals surface area contributed by atoms with Gasteiger partial charge in [-0.25, -0.2) is 4.39 Å². The molecule has 0 aromatic heterocycles. The van der Waals surface area contributed by atoms with E-state index in [0.717, 1.165) is 44.3 Å². The molecule has 0 radical (unpaired) electrons. The fourth-order valence-electron chi connectivity index (χ4n) is 3.70. The zero-order valence-corrected chi connectivity index (χ0v) is 12.9. The molecule has 1 saturated heterocycles. The average Bonchev–Trinajstić information content (AvgIpc) is 2.61. The van der Waals surface area contributed by atoms with Gasteiger partial charge in [0, 0.05) is 36.7 Å². The summed E-state index contributed by atoms with van der Waals surface area (Å²) in [6, 6.07) is 5.22. The summed E-state index contributed by atoms with van der Waals surface area (Å²) >= 11 is 0. The van der Waals surface area contributed by atoms with Crippen LogP contribution in [-0.2, 0) is 0 Å². The quantitative estimate of drug-likeness (QED) is 0.863. The maximum absolute atomic E-state index is 13.5. The maximum Gasteiger partial charge on any atom is 0.127 e. The zero-order valence-electron chi connectivity index (χ0n) is 12.9. The van der Waals surface area contributed by atoms with E-state index in [0.29, 0.717) is 11.8 Å². The van der Waals surface area contributed by atoms with Crippen LogP contribution >= 0.6 is 0 Å². The molecule has 0 bridgehead atoms. The third-order valence-corrected chi connectivity index (χ3v) is 4.96. The summed E-state index contributed by atoms with van der Waals surface area (Å²) < 4.78 is 19.8. The Hall–Kier alpha value is -1.13. The maximum atomic E-state index is 13.5. The first-order chi connectivity index (χ1) is 9.99. The van der Waals surface area contributed by atoms with Crippen molar-refractivity contribution in [3.05, 3.63) is 29.6 Å². The van der Waals surface area contributed by atoms with Crippen molar-refractivity contribution in [2.24, 2.45) is 5.73 Å². The van der Waals surface area contributed by atoms with Gasteiger partial charge in [-0.15, -0.1) is 0 Å². The third-order valence-electron chi connectivity index (χ3n) is 4.96. The molecule has 2 aliphatic rings. The van der Waals surface area contributed by atoms with E-state index in [2.05, 4.69) is 18.7 Å². The monoisotopic (exact) mass is 292 g/mol. The topological polar surface area (TPSA) is 38.5 Å². The van der Waals surface area contributed by atoms with E-state index < -0.39 is 0 Å². The highest BCUT2D eigenvalue weighted by Crippen LogP contribution is 2.43. The van der Waals surface area contributed by atoms with Gasteiger partial charge in [-0.1, -0.05) is 6.07 Å². The lowest BCUT2D eigenvalue weighted by Crippen LogP contribution is -2.44. The van der Waals surface area contributed by atoms with Gasteiger partial charge in [-0.05, 0) is 45.7 Å². The van der Waals surface area contributed by atoms with E-state index in [-0.39, 0.29) is 17.5 Å². The second kappa shape index (κ2) is 5.58. The van der Waals surface area contributed by atoms with Crippen molar-refractivity contribution < 1.29 is 9.13 Å². The Balaban J connectivity index is 1.83. The lowest BCUT2D eigenvalue weighted by atomic mass is 9.82. The lowest BCUT2D eigenvalue weighted by Gasteiger charge is -2.41. The van der Waals surface area contributed by atoms with E-state index >= 15 is 0 Å². The molecule has 2 heterocycles. The Morgan fingerprint density at radius 2 is 2.14 bits per heavy atom. The van der Waals surface area contributed by atoms with Crippen LogP contribution in [0.3, 0.4) is 0 Å². The zero-order chi connectivity index (χ0) is 15.0. The Kier molecular flexibility index (Phi) is 3.93. The Morgan fingerprint density at radius 3 is 2.90 bits per heavy atom. The minimum absolute atomic E-state index is 0.0556. The summed E-state index contributed by atoms with van der Waals surface area (Å²) in [6.07, 6.45) is 3.90. The first-order valence-corrected chi connectivity index (χ1v) is 7.97. The Labute approximate surface area is 126 Å². The van der Waals surface area contributed by atoms with Gasteiger partial charge in [0.05, 0.1) is 0 Å². The number of fused-ring (bicyclic) bond motifs is 1. The van der Waals surface area contributed by atoms with Gasteiger partial charge in [-0.3, -0.25) is 0 Å². The second-order valence-electron chi connectivity index (χ2n) is 6.76. The number of ether oxygens (including phenoxy) is 1. The SMILES string of the molecule is CC(C)N1CCCC2(CC1)C[C@H](N)c1ccc(F)cc1O2. The van der Waals surface area contributed by atoms with Gasteiger partial charge < -0.3 is 15.4 Å². The number of nitrogens with zero attached hydrogens (tertiary/aromatic N) is 1. The number of benzene rings is 1. The fraction of sp³-hybridized carbons (Fsp3) is 0.647. The van der Waals surface area contributed by atoms with Crippen LogP contribution in [0.15, 0.2) is 18.2 Å². The summed E-state index contributed by atoms with van der Waals surface area (Å²) in [4.78, 5) is 2.49. The molecule has 1 unspecified atom stereocenters. The molecule has 3 rings (SSSR count). The van der Waals surface area contributed by atoms with Gasteiger partial charge in [0.25, 0.3) is 0 Å². The van der Waals surface area contributed by atoms with Gasteiger partial charge in [-0.2, -0.15) is 0 Å². The summed E-state index contributed by atoms with van der Waals surface area (Å²) in [5.41, 5.74) is 7.05. The molecule has 1 spiro atoms. The number of nitrogens with two attached hydrogens (primary N) is 1. The van der Waals surface area contributed by atoms with Crippen LogP contribution in [-0.4, -0.2) is 29.6 Å². The molecule has 116 valence electrons. The van der Waals surface area contributed by atoms with Crippen LogP contribution < -0.4 is 10.5 Å². The van der Waals surface area contributed by atoms with Crippen LogP contribution in [0.25, 0.3) is 0 Å². The first-order valence-electron chi connectivity index (χ1n) is 7.97. The molecule has 2 N–H and O–H groups in total. The molecule has 1 aromatic carbocycles. The molecule has 2 atom stereocenters. The molecule has 1 aromatic rings. The predicted octanol–water partition coefficient (Wildman–Crippen LogP) is 3.24. The van der Waals surface area contributed by atoms with E-state index in [9.17, 15) is 4.39 Å². The van der Waals surface area contributed by atoms with Crippen molar-refractivity contribution in [1.82, 2.24) is 4.90 Å².